The fourth-order valence-corrected chi connectivity index (χ4v) is 3.75. The average molecular weight is 343 g/mol. The van der Waals surface area contributed by atoms with Gasteiger partial charge in [-0.1, -0.05) is 42.6 Å². The summed E-state index contributed by atoms with van der Waals surface area (Å²) in [4.78, 5) is 0.377. The highest BCUT2D eigenvalue weighted by Crippen LogP contribution is 2.42. The lowest BCUT2D eigenvalue weighted by Gasteiger charge is -2.24. The molecule has 114 valence electrons. The molecule has 0 amide bonds. The smallest absolute Gasteiger partial charge is 0.161 e. The van der Waals surface area contributed by atoms with Gasteiger partial charge in [0, 0.05) is 4.83 Å². The Hall–Kier alpha value is -0.700. The number of aryl methyl sites for hydroxylation is 1. The van der Waals surface area contributed by atoms with E-state index >= 15 is 0 Å². The molecule has 3 heteroatoms. The summed E-state index contributed by atoms with van der Waals surface area (Å²) in [5.74, 6) is 2.28. The average Bonchev–Trinajstić information content (AvgIpc) is 2.46. The Balaban J connectivity index is 3.09. The molecule has 1 atom stereocenters. The summed E-state index contributed by atoms with van der Waals surface area (Å²) in [6, 6.07) is 4.18. The quantitative estimate of drug-likeness (QED) is 0.567. The van der Waals surface area contributed by atoms with Crippen molar-refractivity contribution < 1.29 is 9.47 Å². The maximum atomic E-state index is 5.44. The van der Waals surface area contributed by atoms with Gasteiger partial charge in [-0.25, -0.2) is 0 Å². The predicted molar refractivity (Wildman–Crippen MR) is 89.3 cm³/mol. The number of hydrogen-bond donors (Lipinski definition) is 0. The summed E-state index contributed by atoms with van der Waals surface area (Å²) in [5, 5.41) is 0. The highest BCUT2D eigenvalue weighted by atomic mass is 79.9. The van der Waals surface area contributed by atoms with Gasteiger partial charge in [0.1, 0.15) is 0 Å². The number of halogens is 1. The molecule has 2 nitrogen and oxygen atoms in total. The van der Waals surface area contributed by atoms with Crippen molar-refractivity contribution in [2.45, 2.75) is 51.3 Å². The lowest BCUT2D eigenvalue weighted by molar-refractivity contribution is 0.353. The molecule has 0 aliphatic rings. The first-order chi connectivity index (χ1) is 9.58. The second kappa shape index (κ2) is 8.56. The maximum absolute atomic E-state index is 5.44. The second-order valence-corrected chi connectivity index (χ2v) is 6.29. The zero-order valence-electron chi connectivity index (χ0n) is 13.3. The minimum atomic E-state index is 0.377. The fourth-order valence-electron chi connectivity index (χ4n) is 2.73. The lowest BCUT2D eigenvalue weighted by Crippen LogP contribution is -2.09. The van der Waals surface area contributed by atoms with Crippen LogP contribution in [-0.2, 0) is 0 Å². The normalized spacial score (nSPS) is 12.6. The van der Waals surface area contributed by atoms with E-state index in [0.29, 0.717) is 10.7 Å². The molecule has 1 rings (SSSR count). The van der Waals surface area contributed by atoms with Crippen LogP contribution in [0.5, 0.6) is 11.5 Å². The van der Waals surface area contributed by atoms with Crippen molar-refractivity contribution in [1.82, 2.24) is 0 Å². The Kier molecular flexibility index (Phi) is 7.42. The molecule has 0 saturated carbocycles. The fraction of sp³-hybridized carbons (Fsp3) is 0.647. The van der Waals surface area contributed by atoms with Crippen LogP contribution in [0.4, 0.5) is 0 Å². The number of rotatable bonds is 8. The van der Waals surface area contributed by atoms with Gasteiger partial charge in [0.2, 0.25) is 0 Å². The predicted octanol–water partition coefficient (Wildman–Crippen LogP) is 5.66. The lowest BCUT2D eigenvalue weighted by atomic mass is 9.89. The Morgan fingerprint density at radius 1 is 1.00 bits per heavy atom. The summed E-state index contributed by atoms with van der Waals surface area (Å²) in [6.45, 7) is 6.65. The standard InChI is InChI=1S/C17H27BrO2/c1-6-8-13(9-7-2)17(18)14-11-16(20-5)15(19-4)10-12(14)3/h10-11,13,17H,6-9H2,1-5H3. The summed E-state index contributed by atoms with van der Waals surface area (Å²) in [5.41, 5.74) is 2.57. The molecule has 0 N–H and O–H groups in total. The van der Waals surface area contributed by atoms with E-state index in [0.717, 1.165) is 11.5 Å². The first-order valence-corrected chi connectivity index (χ1v) is 8.37. The molecule has 0 spiro atoms. The van der Waals surface area contributed by atoms with Crippen LogP contribution >= 0.6 is 15.9 Å². The van der Waals surface area contributed by atoms with E-state index in [4.69, 9.17) is 9.47 Å². The molecule has 0 aliphatic carbocycles. The molecule has 0 aromatic heterocycles. The number of methoxy groups -OCH3 is 2. The number of ether oxygens (including phenoxy) is 2. The Morgan fingerprint density at radius 2 is 1.50 bits per heavy atom. The van der Waals surface area contributed by atoms with Gasteiger partial charge in [-0.2, -0.15) is 0 Å². The van der Waals surface area contributed by atoms with E-state index in [1.165, 1.54) is 36.8 Å². The monoisotopic (exact) mass is 342 g/mol. The molecular formula is C17H27BrO2. The van der Waals surface area contributed by atoms with E-state index in [1.807, 2.05) is 0 Å². The van der Waals surface area contributed by atoms with E-state index in [9.17, 15) is 0 Å². The number of hydrogen-bond acceptors (Lipinski definition) is 2. The van der Waals surface area contributed by atoms with Crippen LogP contribution in [0.3, 0.4) is 0 Å². The third-order valence-electron chi connectivity index (χ3n) is 3.80. The summed E-state index contributed by atoms with van der Waals surface area (Å²) in [6.07, 6.45) is 4.94. The van der Waals surface area contributed by atoms with Gasteiger partial charge in [0.15, 0.2) is 11.5 Å². The van der Waals surface area contributed by atoms with Crippen molar-refractivity contribution in [2.75, 3.05) is 14.2 Å². The molecular weight excluding hydrogens is 316 g/mol. The molecule has 0 fully saturated rings. The van der Waals surface area contributed by atoms with Crippen LogP contribution in [0.2, 0.25) is 0 Å². The largest absolute Gasteiger partial charge is 0.493 e. The van der Waals surface area contributed by atoms with Gasteiger partial charge in [0.05, 0.1) is 14.2 Å². The van der Waals surface area contributed by atoms with Crippen LogP contribution in [0.15, 0.2) is 12.1 Å². The molecule has 0 saturated heterocycles. The third kappa shape index (κ3) is 4.15. The van der Waals surface area contributed by atoms with Gasteiger partial charge < -0.3 is 9.47 Å². The zero-order valence-corrected chi connectivity index (χ0v) is 14.9. The third-order valence-corrected chi connectivity index (χ3v) is 5.04. The summed E-state index contributed by atoms with van der Waals surface area (Å²) in [7, 11) is 3.37. The molecule has 0 bridgehead atoms. The molecule has 1 aromatic rings. The first-order valence-electron chi connectivity index (χ1n) is 7.45. The highest BCUT2D eigenvalue weighted by molar-refractivity contribution is 9.09. The van der Waals surface area contributed by atoms with Crippen molar-refractivity contribution in [2.24, 2.45) is 5.92 Å². The molecule has 0 heterocycles. The molecule has 1 aromatic carbocycles. The highest BCUT2D eigenvalue weighted by Gasteiger charge is 2.22. The topological polar surface area (TPSA) is 18.5 Å². The number of benzene rings is 1. The van der Waals surface area contributed by atoms with Crippen LogP contribution in [0.1, 0.15) is 55.5 Å². The van der Waals surface area contributed by atoms with Gasteiger partial charge >= 0.3 is 0 Å². The van der Waals surface area contributed by atoms with Crippen molar-refractivity contribution in [1.29, 1.82) is 0 Å². The number of alkyl halides is 1. The van der Waals surface area contributed by atoms with E-state index < -0.39 is 0 Å². The van der Waals surface area contributed by atoms with Crippen molar-refractivity contribution in [3.8, 4) is 11.5 Å². The van der Waals surface area contributed by atoms with Gasteiger partial charge in [-0.3, -0.25) is 0 Å². The van der Waals surface area contributed by atoms with E-state index in [-0.39, 0.29) is 0 Å². The molecule has 0 aliphatic heterocycles. The second-order valence-electron chi connectivity index (χ2n) is 5.30. The summed E-state index contributed by atoms with van der Waals surface area (Å²) >= 11 is 3.92. The van der Waals surface area contributed by atoms with Crippen LogP contribution in [-0.4, -0.2) is 14.2 Å². The summed E-state index contributed by atoms with van der Waals surface area (Å²) < 4.78 is 10.8. The zero-order chi connectivity index (χ0) is 15.1. The van der Waals surface area contributed by atoms with Crippen LogP contribution < -0.4 is 9.47 Å². The van der Waals surface area contributed by atoms with Crippen molar-refractivity contribution in [3.63, 3.8) is 0 Å². The van der Waals surface area contributed by atoms with Crippen LogP contribution in [0, 0.1) is 12.8 Å². The Labute approximate surface area is 132 Å². The van der Waals surface area contributed by atoms with E-state index in [2.05, 4.69) is 48.8 Å². The molecule has 0 radical (unpaired) electrons. The minimum absolute atomic E-state index is 0.377. The van der Waals surface area contributed by atoms with Crippen molar-refractivity contribution >= 4 is 15.9 Å². The minimum Gasteiger partial charge on any atom is -0.493 e. The van der Waals surface area contributed by atoms with Crippen LogP contribution in [0.25, 0.3) is 0 Å². The van der Waals surface area contributed by atoms with Gasteiger partial charge in [0.25, 0.3) is 0 Å². The Morgan fingerprint density at radius 3 is 1.95 bits per heavy atom. The maximum Gasteiger partial charge on any atom is 0.161 e. The van der Waals surface area contributed by atoms with Crippen molar-refractivity contribution in [3.05, 3.63) is 23.3 Å². The van der Waals surface area contributed by atoms with E-state index in [1.54, 1.807) is 14.2 Å². The first kappa shape index (κ1) is 17.4. The Bertz CT molecular complexity index is 412. The molecule has 20 heavy (non-hydrogen) atoms. The molecule has 1 unspecified atom stereocenters. The van der Waals surface area contributed by atoms with Gasteiger partial charge in [-0.05, 0) is 48.9 Å². The van der Waals surface area contributed by atoms with Gasteiger partial charge in [-0.15, -0.1) is 0 Å². The SMILES string of the molecule is CCCC(CCC)C(Br)c1cc(OC)c(OC)cc1C.